The van der Waals surface area contributed by atoms with Crippen LogP contribution in [0.25, 0.3) is 0 Å². The van der Waals surface area contributed by atoms with E-state index in [-0.39, 0.29) is 5.91 Å². The lowest BCUT2D eigenvalue weighted by Crippen LogP contribution is -2.37. The molecule has 1 amide bonds. The fourth-order valence-corrected chi connectivity index (χ4v) is 2.54. The Kier molecular flexibility index (Phi) is 5.05. The molecular weight excluding hydrogens is 304 g/mol. The molecule has 1 saturated heterocycles. The van der Waals surface area contributed by atoms with Crippen LogP contribution in [0.2, 0.25) is 0 Å². The molecule has 0 radical (unpaired) electrons. The van der Waals surface area contributed by atoms with Crippen LogP contribution in [-0.4, -0.2) is 42.2 Å². The average molecular weight is 326 g/mol. The number of anilines is 2. The van der Waals surface area contributed by atoms with E-state index >= 15 is 0 Å². The molecule has 6 nitrogen and oxygen atoms in total. The average Bonchev–Trinajstić information content (AvgIpc) is 2.63. The van der Waals surface area contributed by atoms with Gasteiger partial charge in [-0.15, -0.1) is 0 Å². The van der Waals surface area contributed by atoms with Crippen molar-refractivity contribution < 1.29 is 9.53 Å². The highest BCUT2D eigenvalue weighted by molar-refractivity contribution is 6.02. The summed E-state index contributed by atoms with van der Waals surface area (Å²) in [4.78, 5) is 23.1. The molecule has 0 aliphatic carbocycles. The minimum Gasteiger partial charge on any atom is -0.378 e. The number of nitrogens with one attached hydrogen (secondary N) is 1. The molecule has 1 fully saturated rings. The molecule has 24 heavy (non-hydrogen) atoms. The van der Waals surface area contributed by atoms with Crippen molar-refractivity contribution in [2.24, 2.45) is 0 Å². The molecule has 1 aliphatic heterocycles. The summed E-state index contributed by atoms with van der Waals surface area (Å²) in [5.74, 6) is 0.804. The lowest BCUT2D eigenvalue weighted by atomic mass is 10.0. The van der Waals surface area contributed by atoms with Crippen molar-refractivity contribution in [1.82, 2.24) is 9.97 Å². The third kappa shape index (κ3) is 3.89. The van der Waals surface area contributed by atoms with Crippen LogP contribution in [0.3, 0.4) is 0 Å². The fourth-order valence-electron chi connectivity index (χ4n) is 2.54. The molecule has 1 aliphatic rings. The lowest BCUT2D eigenvalue weighted by Gasteiger charge is -2.26. The first-order chi connectivity index (χ1) is 11.6. The normalized spacial score (nSPS) is 14.7. The van der Waals surface area contributed by atoms with E-state index in [9.17, 15) is 4.79 Å². The quantitative estimate of drug-likeness (QED) is 0.935. The van der Waals surface area contributed by atoms with Gasteiger partial charge in [0, 0.05) is 25.0 Å². The van der Waals surface area contributed by atoms with Crippen LogP contribution in [0.15, 0.2) is 36.5 Å². The number of carbonyl (C=O) groups excluding carboxylic acids is 1. The number of hydrogen-bond acceptors (Lipinski definition) is 5. The Morgan fingerprint density at radius 3 is 2.54 bits per heavy atom. The highest BCUT2D eigenvalue weighted by Gasteiger charge is 2.16. The molecule has 0 unspecified atom stereocenters. The molecule has 6 heteroatoms. The number of nitrogens with zero attached hydrogens (tertiary/aromatic N) is 3. The van der Waals surface area contributed by atoms with Gasteiger partial charge in [0.05, 0.1) is 13.2 Å². The second kappa shape index (κ2) is 7.40. The number of aromatic nitrogens is 2. The molecule has 0 saturated carbocycles. The second-order valence-electron chi connectivity index (χ2n) is 6.07. The summed E-state index contributed by atoms with van der Waals surface area (Å²) in [6, 6.07) is 9.51. The van der Waals surface area contributed by atoms with Crippen molar-refractivity contribution in [2.45, 2.75) is 19.8 Å². The monoisotopic (exact) mass is 326 g/mol. The number of ether oxygens (including phenoxy) is 1. The molecule has 2 heterocycles. The van der Waals surface area contributed by atoms with Gasteiger partial charge in [-0.05, 0) is 29.7 Å². The first kappa shape index (κ1) is 16.4. The maximum Gasteiger partial charge on any atom is 0.274 e. The topological polar surface area (TPSA) is 67.4 Å². The Hall–Kier alpha value is -2.47. The Bertz CT molecular complexity index is 694. The summed E-state index contributed by atoms with van der Waals surface area (Å²) in [6.07, 6.45) is 1.62. The van der Waals surface area contributed by atoms with E-state index in [0.29, 0.717) is 30.8 Å². The maximum atomic E-state index is 12.4. The van der Waals surface area contributed by atoms with Gasteiger partial charge >= 0.3 is 0 Å². The Morgan fingerprint density at radius 1 is 1.17 bits per heavy atom. The summed E-state index contributed by atoms with van der Waals surface area (Å²) < 4.78 is 5.33. The van der Waals surface area contributed by atoms with Crippen LogP contribution < -0.4 is 10.2 Å². The standard InChI is InChI=1S/C18H22N4O2/c1-13(2)14-3-5-15(6-4-14)20-17(23)16-7-8-19-18(21-16)22-9-11-24-12-10-22/h3-8,13H,9-12H2,1-2H3,(H,20,23). The van der Waals surface area contributed by atoms with E-state index in [4.69, 9.17) is 4.74 Å². The van der Waals surface area contributed by atoms with Crippen LogP contribution in [0, 0.1) is 0 Å². The number of benzene rings is 1. The first-order valence-corrected chi connectivity index (χ1v) is 8.20. The number of morpholine rings is 1. The Labute approximate surface area is 141 Å². The predicted molar refractivity (Wildman–Crippen MR) is 93.5 cm³/mol. The molecular formula is C18H22N4O2. The van der Waals surface area contributed by atoms with Crippen LogP contribution in [0.5, 0.6) is 0 Å². The van der Waals surface area contributed by atoms with Crippen LogP contribution in [0.4, 0.5) is 11.6 Å². The number of amides is 1. The zero-order valence-corrected chi connectivity index (χ0v) is 14.0. The maximum absolute atomic E-state index is 12.4. The molecule has 0 spiro atoms. The van der Waals surface area contributed by atoms with E-state index in [1.54, 1.807) is 12.3 Å². The summed E-state index contributed by atoms with van der Waals surface area (Å²) >= 11 is 0. The zero-order chi connectivity index (χ0) is 16.9. The molecule has 2 aromatic rings. The molecule has 3 rings (SSSR count). The smallest absolute Gasteiger partial charge is 0.274 e. The molecule has 0 bridgehead atoms. The lowest BCUT2D eigenvalue weighted by molar-refractivity contribution is 0.102. The minimum atomic E-state index is -0.232. The van der Waals surface area contributed by atoms with E-state index in [0.717, 1.165) is 18.8 Å². The van der Waals surface area contributed by atoms with Gasteiger partial charge < -0.3 is 15.0 Å². The van der Waals surface area contributed by atoms with E-state index < -0.39 is 0 Å². The van der Waals surface area contributed by atoms with Gasteiger partial charge in [0.1, 0.15) is 5.69 Å². The SMILES string of the molecule is CC(C)c1ccc(NC(=O)c2ccnc(N3CCOCC3)n2)cc1. The Morgan fingerprint density at radius 2 is 1.88 bits per heavy atom. The fraction of sp³-hybridized carbons (Fsp3) is 0.389. The summed E-state index contributed by atoms with van der Waals surface area (Å²) in [5.41, 5.74) is 2.36. The number of rotatable bonds is 4. The van der Waals surface area contributed by atoms with Crippen molar-refractivity contribution in [3.63, 3.8) is 0 Å². The molecule has 1 aromatic carbocycles. The highest BCUT2D eigenvalue weighted by Crippen LogP contribution is 2.18. The number of hydrogen-bond donors (Lipinski definition) is 1. The minimum absolute atomic E-state index is 0.232. The van der Waals surface area contributed by atoms with Crippen LogP contribution in [0.1, 0.15) is 35.8 Å². The van der Waals surface area contributed by atoms with Crippen molar-refractivity contribution in [3.05, 3.63) is 47.8 Å². The van der Waals surface area contributed by atoms with Crippen molar-refractivity contribution in [1.29, 1.82) is 0 Å². The third-order valence-corrected chi connectivity index (χ3v) is 4.00. The van der Waals surface area contributed by atoms with Gasteiger partial charge in [-0.1, -0.05) is 26.0 Å². The van der Waals surface area contributed by atoms with Crippen LogP contribution >= 0.6 is 0 Å². The van der Waals surface area contributed by atoms with Gasteiger partial charge in [0.15, 0.2) is 0 Å². The first-order valence-electron chi connectivity index (χ1n) is 8.20. The molecule has 1 aromatic heterocycles. The van der Waals surface area contributed by atoms with Gasteiger partial charge in [0.2, 0.25) is 5.95 Å². The van der Waals surface area contributed by atoms with E-state index in [2.05, 4.69) is 29.1 Å². The second-order valence-corrected chi connectivity index (χ2v) is 6.07. The van der Waals surface area contributed by atoms with Gasteiger partial charge in [0.25, 0.3) is 5.91 Å². The molecule has 0 atom stereocenters. The third-order valence-electron chi connectivity index (χ3n) is 4.00. The van der Waals surface area contributed by atoms with E-state index in [1.807, 2.05) is 29.2 Å². The summed E-state index contributed by atoms with van der Waals surface area (Å²) in [5, 5.41) is 2.88. The van der Waals surface area contributed by atoms with E-state index in [1.165, 1.54) is 5.56 Å². The summed E-state index contributed by atoms with van der Waals surface area (Å²) in [6.45, 7) is 7.07. The number of carbonyl (C=O) groups is 1. The van der Waals surface area contributed by atoms with Crippen molar-refractivity contribution in [3.8, 4) is 0 Å². The zero-order valence-electron chi connectivity index (χ0n) is 14.0. The van der Waals surface area contributed by atoms with Gasteiger partial charge in [-0.2, -0.15) is 0 Å². The Balaban J connectivity index is 1.70. The van der Waals surface area contributed by atoms with Crippen LogP contribution in [-0.2, 0) is 4.74 Å². The molecule has 1 N–H and O–H groups in total. The largest absolute Gasteiger partial charge is 0.378 e. The van der Waals surface area contributed by atoms with Crippen molar-refractivity contribution >= 4 is 17.5 Å². The highest BCUT2D eigenvalue weighted by atomic mass is 16.5. The summed E-state index contributed by atoms with van der Waals surface area (Å²) in [7, 11) is 0. The molecule has 126 valence electrons. The van der Waals surface area contributed by atoms with Gasteiger partial charge in [-0.3, -0.25) is 4.79 Å². The predicted octanol–water partition coefficient (Wildman–Crippen LogP) is 2.69. The van der Waals surface area contributed by atoms with Gasteiger partial charge in [-0.25, -0.2) is 9.97 Å². The van der Waals surface area contributed by atoms with Crippen molar-refractivity contribution in [2.75, 3.05) is 36.5 Å².